The van der Waals surface area contributed by atoms with Gasteiger partial charge in [0.2, 0.25) is 0 Å². The highest BCUT2D eigenvalue weighted by Gasteiger charge is 2.34. The molecule has 6 nitrogen and oxygen atoms in total. The van der Waals surface area contributed by atoms with Gasteiger partial charge in [-0.05, 0) is 25.9 Å². The molecule has 0 aromatic heterocycles. The van der Waals surface area contributed by atoms with Gasteiger partial charge < -0.3 is 10.1 Å². The van der Waals surface area contributed by atoms with Crippen molar-refractivity contribution in [3.05, 3.63) is 0 Å². The molecule has 2 aliphatic heterocycles. The molecule has 0 amide bonds. The van der Waals surface area contributed by atoms with Gasteiger partial charge in [-0.25, -0.2) is 0 Å². The number of ether oxygens (including phenoxy) is 1. The van der Waals surface area contributed by atoms with E-state index in [0.717, 1.165) is 65.1 Å². The highest BCUT2D eigenvalue weighted by Crippen LogP contribution is 2.16. The fraction of sp³-hybridized carbons (Fsp3) is 0.929. The third-order valence-corrected chi connectivity index (χ3v) is 3.89. The Morgan fingerprint density at radius 3 is 2.75 bits per heavy atom. The number of rotatable bonds is 8. The van der Waals surface area contributed by atoms with Gasteiger partial charge in [-0.15, -0.1) is 0 Å². The Labute approximate surface area is 121 Å². The fourth-order valence-corrected chi connectivity index (χ4v) is 2.68. The molecule has 0 spiro atoms. The van der Waals surface area contributed by atoms with Gasteiger partial charge in [-0.3, -0.25) is 14.5 Å². The standard InChI is InChI=1S/C14H27N3O3/c1-2-15-6-3-4-11-20-17-9-7-16(8-10-17)13-5-12-19-14(13)18/h13,15H,2-12H2,1H3. The summed E-state index contributed by atoms with van der Waals surface area (Å²) in [6.07, 6.45) is 3.08. The number of nitrogens with one attached hydrogen (secondary N) is 1. The van der Waals surface area contributed by atoms with Crippen LogP contribution < -0.4 is 5.32 Å². The summed E-state index contributed by atoms with van der Waals surface area (Å²) in [5.41, 5.74) is 0. The number of hydroxylamine groups is 2. The average molecular weight is 285 g/mol. The van der Waals surface area contributed by atoms with Gasteiger partial charge in [0.25, 0.3) is 0 Å². The second kappa shape index (κ2) is 8.56. The molecule has 1 N–H and O–H groups in total. The van der Waals surface area contributed by atoms with E-state index in [9.17, 15) is 4.79 Å². The van der Waals surface area contributed by atoms with Gasteiger partial charge in [0.1, 0.15) is 6.04 Å². The Morgan fingerprint density at radius 1 is 1.30 bits per heavy atom. The molecule has 0 saturated carbocycles. The van der Waals surface area contributed by atoms with Crippen molar-refractivity contribution in [2.75, 3.05) is 52.5 Å². The fourth-order valence-electron chi connectivity index (χ4n) is 2.68. The number of cyclic esters (lactones) is 1. The molecule has 116 valence electrons. The Morgan fingerprint density at radius 2 is 2.10 bits per heavy atom. The van der Waals surface area contributed by atoms with E-state index in [1.807, 2.05) is 5.06 Å². The zero-order valence-electron chi connectivity index (χ0n) is 12.5. The molecule has 0 aromatic rings. The molecule has 6 heteroatoms. The summed E-state index contributed by atoms with van der Waals surface area (Å²) >= 11 is 0. The quantitative estimate of drug-likeness (QED) is 0.509. The molecule has 2 rings (SSSR count). The van der Waals surface area contributed by atoms with E-state index in [1.165, 1.54) is 0 Å². The van der Waals surface area contributed by atoms with Crippen LogP contribution >= 0.6 is 0 Å². The Bertz CT molecular complexity index is 293. The van der Waals surface area contributed by atoms with Crippen LogP contribution in [0.1, 0.15) is 26.2 Å². The smallest absolute Gasteiger partial charge is 0.323 e. The summed E-state index contributed by atoms with van der Waals surface area (Å²) in [7, 11) is 0. The molecule has 0 bridgehead atoms. The Balaban J connectivity index is 1.54. The molecular weight excluding hydrogens is 258 g/mol. The van der Waals surface area contributed by atoms with Crippen molar-refractivity contribution in [1.82, 2.24) is 15.3 Å². The van der Waals surface area contributed by atoms with Crippen molar-refractivity contribution < 1.29 is 14.4 Å². The maximum absolute atomic E-state index is 11.5. The summed E-state index contributed by atoms with van der Waals surface area (Å²) in [5, 5.41) is 5.34. The molecule has 2 aliphatic rings. The minimum atomic E-state index is -0.0530. The molecule has 1 atom stereocenters. The van der Waals surface area contributed by atoms with Gasteiger partial charge in [0.05, 0.1) is 13.2 Å². The molecule has 2 saturated heterocycles. The van der Waals surface area contributed by atoms with E-state index in [-0.39, 0.29) is 12.0 Å². The lowest BCUT2D eigenvalue weighted by Crippen LogP contribution is -2.51. The van der Waals surface area contributed by atoms with Crippen molar-refractivity contribution in [3.8, 4) is 0 Å². The highest BCUT2D eigenvalue weighted by atomic mass is 16.7. The summed E-state index contributed by atoms with van der Waals surface area (Å²) in [4.78, 5) is 19.5. The lowest BCUT2D eigenvalue weighted by Gasteiger charge is -2.35. The van der Waals surface area contributed by atoms with Crippen molar-refractivity contribution in [3.63, 3.8) is 0 Å². The van der Waals surface area contributed by atoms with Crippen LogP contribution in [0.3, 0.4) is 0 Å². The predicted molar refractivity (Wildman–Crippen MR) is 76.2 cm³/mol. The largest absolute Gasteiger partial charge is 0.464 e. The average Bonchev–Trinajstić information content (AvgIpc) is 2.90. The van der Waals surface area contributed by atoms with Crippen LogP contribution in [0.25, 0.3) is 0 Å². The maximum atomic E-state index is 11.5. The zero-order valence-corrected chi connectivity index (χ0v) is 12.5. The third-order valence-electron chi connectivity index (χ3n) is 3.89. The van der Waals surface area contributed by atoms with Gasteiger partial charge in [0.15, 0.2) is 0 Å². The number of nitrogens with zero attached hydrogens (tertiary/aromatic N) is 2. The summed E-state index contributed by atoms with van der Waals surface area (Å²) < 4.78 is 5.03. The topological polar surface area (TPSA) is 54.0 Å². The normalized spacial score (nSPS) is 25.1. The summed E-state index contributed by atoms with van der Waals surface area (Å²) in [6, 6.07) is -0.0164. The molecule has 1 unspecified atom stereocenters. The van der Waals surface area contributed by atoms with Crippen molar-refractivity contribution in [2.24, 2.45) is 0 Å². The van der Waals surface area contributed by atoms with Crippen LogP contribution in [0.5, 0.6) is 0 Å². The van der Waals surface area contributed by atoms with E-state index in [4.69, 9.17) is 9.57 Å². The Hall–Kier alpha value is -0.690. The SMILES string of the molecule is CCNCCCCON1CCN(C2CCOC2=O)CC1. The minimum absolute atomic E-state index is 0.0164. The second-order valence-corrected chi connectivity index (χ2v) is 5.33. The Kier molecular flexibility index (Phi) is 6.72. The maximum Gasteiger partial charge on any atom is 0.323 e. The van der Waals surface area contributed by atoms with Crippen molar-refractivity contribution in [1.29, 1.82) is 0 Å². The monoisotopic (exact) mass is 285 g/mol. The van der Waals surface area contributed by atoms with Crippen molar-refractivity contribution in [2.45, 2.75) is 32.2 Å². The molecule has 20 heavy (non-hydrogen) atoms. The summed E-state index contributed by atoms with van der Waals surface area (Å²) in [6.45, 7) is 9.10. The number of hydrogen-bond acceptors (Lipinski definition) is 6. The first-order chi connectivity index (χ1) is 9.81. The predicted octanol–water partition coefficient (Wildman–Crippen LogP) is 0.241. The highest BCUT2D eigenvalue weighted by molar-refractivity contribution is 5.77. The van der Waals surface area contributed by atoms with Crippen LogP contribution in [-0.2, 0) is 14.4 Å². The summed E-state index contributed by atoms with van der Waals surface area (Å²) in [5.74, 6) is -0.0530. The van der Waals surface area contributed by atoms with E-state index in [0.29, 0.717) is 6.61 Å². The van der Waals surface area contributed by atoms with Gasteiger partial charge in [0, 0.05) is 32.6 Å². The molecule has 0 aliphatic carbocycles. The molecular formula is C14H27N3O3. The molecule has 0 aromatic carbocycles. The molecule has 2 fully saturated rings. The number of unbranched alkanes of at least 4 members (excludes halogenated alkanes) is 1. The van der Waals surface area contributed by atoms with Crippen LogP contribution in [-0.4, -0.2) is 74.5 Å². The number of carbonyl (C=O) groups excluding carboxylic acids is 1. The lowest BCUT2D eigenvalue weighted by atomic mass is 10.2. The minimum Gasteiger partial charge on any atom is -0.464 e. The zero-order chi connectivity index (χ0) is 14.2. The molecule has 0 radical (unpaired) electrons. The molecule has 2 heterocycles. The van der Waals surface area contributed by atoms with Crippen LogP contribution in [0, 0.1) is 0 Å². The van der Waals surface area contributed by atoms with Crippen LogP contribution in [0.15, 0.2) is 0 Å². The first-order valence-corrected chi connectivity index (χ1v) is 7.80. The first-order valence-electron chi connectivity index (χ1n) is 7.80. The van der Waals surface area contributed by atoms with Crippen molar-refractivity contribution >= 4 is 5.97 Å². The van der Waals surface area contributed by atoms with Gasteiger partial charge in [-0.1, -0.05) is 6.92 Å². The van der Waals surface area contributed by atoms with Gasteiger partial charge >= 0.3 is 5.97 Å². The number of carbonyl (C=O) groups is 1. The lowest BCUT2D eigenvalue weighted by molar-refractivity contribution is -0.181. The van der Waals surface area contributed by atoms with E-state index in [2.05, 4.69) is 17.1 Å². The number of piperazine rings is 1. The second-order valence-electron chi connectivity index (χ2n) is 5.33. The first kappa shape index (κ1) is 15.7. The van der Waals surface area contributed by atoms with Gasteiger partial charge in [-0.2, -0.15) is 5.06 Å². The van der Waals surface area contributed by atoms with E-state index >= 15 is 0 Å². The number of hydrogen-bond donors (Lipinski definition) is 1. The van der Waals surface area contributed by atoms with Crippen LogP contribution in [0.2, 0.25) is 0 Å². The van der Waals surface area contributed by atoms with E-state index < -0.39 is 0 Å². The number of esters is 1. The van der Waals surface area contributed by atoms with Crippen LogP contribution in [0.4, 0.5) is 0 Å². The van der Waals surface area contributed by atoms with E-state index in [1.54, 1.807) is 0 Å². The third kappa shape index (κ3) is 4.70.